The van der Waals surface area contributed by atoms with Gasteiger partial charge in [-0.3, -0.25) is 0 Å². The summed E-state index contributed by atoms with van der Waals surface area (Å²) in [7, 11) is 0. The summed E-state index contributed by atoms with van der Waals surface area (Å²) in [5.74, 6) is 0. The third-order valence-electron chi connectivity index (χ3n) is 16.5. The van der Waals surface area contributed by atoms with Gasteiger partial charge >= 0.3 is 0 Å². The average Bonchev–Trinajstić information content (AvgIpc) is 3.77. The highest BCUT2D eigenvalue weighted by atomic mass is 15.2. The maximum absolute atomic E-state index is 2.63. The summed E-state index contributed by atoms with van der Waals surface area (Å²) in [5, 5.41) is 5.06. The zero-order valence-corrected chi connectivity index (χ0v) is 44.5. The Morgan fingerprint density at radius 1 is 0.387 bits per heavy atom. The van der Waals surface area contributed by atoms with Crippen molar-refractivity contribution < 1.29 is 0 Å². The second-order valence-corrected chi connectivity index (χ2v) is 24.3. The van der Waals surface area contributed by atoms with Crippen molar-refractivity contribution in [1.29, 1.82) is 0 Å². The number of aromatic nitrogens is 1. The van der Waals surface area contributed by atoms with Crippen molar-refractivity contribution in [3.05, 3.63) is 223 Å². The lowest BCUT2D eigenvalue weighted by Gasteiger charge is -2.47. The Labute approximate surface area is 442 Å². The summed E-state index contributed by atoms with van der Waals surface area (Å²) in [6.45, 7) is 20.8. The van der Waals surface area contributed by atoms with E-state index in [1.54, 1.807) is 0 Å². The molecule has 75 heavy (non-hydrogen) atoms. The molecule has 3 aliphatic heterocycles. The van der Waals surface area contributed by atoms with Crippen molar-refractivity contribution >= 4 is 107 Å². The molecule has 0 amide bonds. The molecule has 0 saturated carbocycles. The minimum absolute atomic E-state index is 0.0279. The standard InChI is InChI=1S/C70H61BN4/c1-68(2,3)46-29-35-49(36-30-46)72(50-37-31-47(32-38-50)69(4,5)6)52-39-40-57-62(43-52)73(51-33-27-45(28-34-51)54-21-14-18-44-17-10-11-19-53(44)54)63-41-48(70(7,8)9)42-64-65(63)71(57)58-23-16-26-61-67(58)75(64)60-25-15-22-56-55-20-12-13-24-59(55)74(61)66(56)60/h10-43H,1-9H3. The predicted molar refractivity (Wildman–Crippen MR) is 322 cm³/mol. The fraction of sp³-hybridized carbons (Fsp3) is 0.171. The Kier molecular flexibility index (Phi) is 9.74. The minimum atomic E-state index is -0.154. The lowest BCUT2D eigenvalue weighted by atomic mass is 9.33. The van der Waals surface area contributed by atoms with Gasteiger partial charge in [0.25, 0.3) is 6.71 Å². The van der Waals surface area contributed by atoms with E-state index in [4.69, 9.17) is 0 Å². The van der Waals surface area contributed by atoms with Crippen LogP contribution in [0.25, 0.3) is 49.4 Å². The molecule has 0 N–H and O–H groups in total. The topological polar surface area (TPSA) is 14.7 Å². The van der Waals surface area contributed by atoms with Gasteiger partial charge in [0, 0.05) is 50.6 Å². The summed E-state index contributed by atoms with van der Waals surface area (Å²) in [6, 6.07) is 78.5. The maximum atomic E-state index is 2.63. The van der Waals surface area contributed by atoms with Gasteiger partial charge in [-0.25, -0.2) is 0 Å². The van der Waals surface area contributed by atoms with Crippen molar-refractivity contribution in [3.8, 4) is 16.8 Å². The number of anilines is 9. The Morgan fingerprint density at radius 2 is 0.947 bits per heavy atom. The molecule has 0 bridgehead atoms. The first-order valence-electron chi connectivity index (χ1n) is 26.8. The molecule has 0 fully saturated rings. The van der Waals surface area contributed by atoms with Crippen LogP contribution >= 0.6 is 0 Å². The van der Waals surface area contributed by atoms with Gasteiger partial charge in [0.2, 0.25) is 0 Å². The van der Waals surface area contributed by atoms with Crippen LogP contribution in [0.3, 0.4) is 0 Å². The number of rotatable bonds is 5. The van der Waals surface area contributed by atoms with Crippen LogP contribution in [0.1, 0.15) is 79.0 Å². The SMILES string of the molecule is CC(C)(C)c1ccc(N(c2ccc(C(C)(C)C)cc2)c2ccc3c(c2)N(c2ccc(-c4cccc5ccccc45)cc2)c2cc(C(C)(C)C)cc4c2B3c2cccc3c2N4c2cccc4c5ccccc5n-3c24)cc1. The van der Waals surface area contributed by atoms with Crippen molar-refractivity contribution in [2.24, 2.45) is 0 Å². The van der Waals surface area contributed by atoms with E-state index in [1.807, 2.05) is 0 Å². The van der Waals surface area contributed by atoms with E-state index in [0.717, 1.165) is 22.7 Å². The van der Waals surface area contributed by atoms with E-state index < -0.39 is 0 Å². The first-order valence-corrected chi connectivity index (χ1v) is 26.8. The molecule has 4 heterocycles. The minimum Gasteiger partial charge on any atom is -0.311 e. The molecular formula is C70H61BN4. The smallest absolute Gasteiger partial charge is 0.252 e. The zero-order chi connectivity index (χ0) is 51.3. The molecule has 0 saturated heterocycles. The summed E-state index contributed by atoms with van der Waals surface area (Å²) in [5.41, 5.74) is 24.5. The van der Waals surface area contributed by atoms with E-state index in [2.05, 4.69) is 288 Å². The monoisotopic (exact) mass is 968 g/mol. The summed E-state index contributed by atoms with van der Waals surface area (Å²) >= 11 is 0. The predicted octanol–water partition coefficient (Wildman–Crippen LogP) is 17.4. The van der Waals surface area contributed by atoms with Gasteiger partial charge in [-0.05, 0) is 150 Å². The van der Waals surface area contributed by atoms with E-state index >= 15 is 0 Å². The van der Waals surface area contributed by atoms with Gasteiger partial charge in [0.1, 0.15) is 0 Å². The highest BCUT2D eigenvalue weighted by Crippen LogP contribution is 2.53. The molecule has 0 unspecified atom stereocenters. The van der Waals surface area contributed by atoms with Crippen LogP contribution < -0.4 is 31.1 Å². The molecule has 364 valence electrons. The Hall–Kier alpha value is -8.28. The maximum Gasteiger partial charge on any atom is 0.252 e. The van der Waals surface area contributed by atoms with E-state index in [-0.39, 0.29) is 23.0 Å². The van der Waals surface area contributed by atoms with Crippen molar-refractivity contribution in [2.75, 3.05) is 14.7 Å². The van der Waals surface area contributed by atoms with Crippen molar-refractivity contribution in [1.82, 2.24) is 4.57 Å². The lowest BCUT2D eigenvalue weighted by Crippen LogP contribution is -2.62. The average molecular weight is 969 g/mol. The quantitative estimate of drug-likeness (QED) is 0.160. The molecule has 0 radical (unpaired) electrons. The fourth-order valence-electron chi connectivity index (χ4n) is 12.7. The zero-order valence-electron chi connectivity index (χ0n) is 44.5. The van der Waals surface area contributed by atoms with Gasteiger partial charge in [0.05, 0.1) is 28.1 Å². The van der Waals surface area contributed by atoms with E-state index in [1.165, 1.54) is 111 Å². The highest BCUT2D eigenvalue weighted by molar-refractivity contribution is 7.00. The molecule has 0 aliphatic carbocycles. The van der Waals surface area contributed by atoms with E-state index in [0.29, 0.717) is 0 Å². The lowest BCUT2D eigenvalue weighted by molar-refractivity contribution is 0.590. The molecule has 1 aromatic heterocycles. The second-order valence-electron chi connectivity index (χ2n) is 24.3. The fourth-order valence-corrected chi connectivity index (χ4v) is 12.7. The number of fused-ring (bicyclic) bond motifs is 10. The molecule has 3 aliphatic rings. The van der Waals surface area contributed by atoms with Crippen LogP contribution in [0.15, 0.2) is 206 Å². The van der Waals surface area contributed by atoms with E-state index in [9.17, 15) is 0 Å². The normalized spacial score (nSPS) is 13.6. The van der Waals surface area contributed by atoms with Gasteiger partial charge in [-0.15, -0.1) is 0 Å². The van der Waals surface area contributed by atoms with Crippen LogP contribution in [0, 0.1) is 0 Å². The number of hydrogen-bond acceptors (Lipinski definition) is 3. The van der Waals surface area contributed by atoms with Gasteiger partial charge in [-0.2, -0.15) is 0 Å². The molecule has 0 atom stereocenters. The summed E-state index contributed by atoms with van der Waals surface area (Å²) in [6.07, 6.45) is 0. The number of benzene rings is 10. The Morgan fingerprint density at radius 3 is 1.63 bits per heavy atom. The highest BCUT2D eigenvalue weighted by Gasteiger charge is 2.47. The molecule has 5 heteroatoms. The van der Waals surface area contributed by atoms with Crippen LogP contribution in [0.5, 0.6) is 0 Å². The third kappa shape index (κ3) is 6.90. The molecule has 0 spiro atoms. The van der Waals surface area contributed by atoms with Crippen molar-refractivity contribution in [2.45, 2.75) is 78.6 Å². The first kappa shape index (κ1) is 45.3. The van der Waals surface area contributed by atoms with Gasteiger partial charge in [-0.1, -0.05) is 190 Å². The molecule has 10 aromatic carbocycles. The molecular weight excluding hydrogens is 908 g/mol. The Bertz CT molecular complexity index is 4060. The summed E-state index contributed by atoms with van der Waals surface area (Å²) < 4.78 is 2.54. The van der Waals surface area contributed by atoms with Crippen LogP contribution in [0.4, 0.5) is 51.2 Å². The first-order chi connectivity index (χ1) is 36.1. The summed E-state index contributed by atoms with van der Waals surface area (Å²) in [4.78, 5) is 7.68. The van der Waals surface area contributed by atoms with Crippen LogP contribution in [-0.4, -0.2) is 11.3 Å². The Balaban J connectivity index is 1.05. The van der Waals surface area contributed by atoms with Gasteiger partial charge in [0.15, 0.2) is 0 Å². The van der Waals surface area contributed by atoms with Gasteiger partial charge < -0.3 is 19.3 Å². The molecule has 11 aromatic rings. The van der Waals surface area contributed by atoms with Crippen LogP contribution in [-0.2, 0) is 16.2 Å². The second kappa shape index (κ2) is 16.1. The van der Waals surface area contributed by atoms with Crippen molar-refractivity contribution in [3.63, 3.8) is 0 Å². The molecule has 14 rings (SSSR count). The third-order valence-corrected chi connectivity index (χ3v) is 16.5. The number of nitrogens with zero attached hydrogens (tertiary/aromatic N) is 4. The van der Waals surface area contributed by atoms with Crippen LogP contribution in [0.2, 0.25) is 0 Å². The number of hydrogen-bond donors (Lipinski definition) is 0. The number of para-hydroxylation sites is 3. The largest absolute Gasteiger partial charge is 0.311 e. The molecule has 4 nitrogen and oxygen atoms in total.